The third-order valence-electron chi connectivity index (χ3n) is 7.45. The molecule has 3 heterocycles. The molecule has 0 unspecified atom stereocenters. The van der Waals surface area contributed by atoms with Crippen molar-refractivity contribution in [3.63, 3.8) is 0 Å². The Bertz CT molecular complexity index is 1440. The standard InChI is InChI=1S/C28H30N4O6/c1-13(2)21(26(35)31-22(14(3)33)28(37)38)30-25(34)20-12-18-15-8-6-7-11-19(15)29-23(18)24-16-9-4-5-10-17(16)27(36)32(20)24/h4-11,13-14,20-22,24,29,33H,12H2,1-3H3,(H,30,34)(H,31,35)(H,37,38)/t14-,20+,21+,22-,24+/m1/s1. The third-order valence-corrected chi connectivity index (χ3v) is 7.45. The number of aliphatic hydroxyl groups excluding tert-OH is 1. The fraction of sp³-hybridized carbons (Fsp3) is 0.357. The van der Waals surface area contributed by atoms with E-state index in [4.69, 9.17) is 0 Å². The summed E-state index contributed by atoms with van der Waals surface area (Å²) in [4.78, 5) is 57.0. The molecule has 0 bridgehead atoms. The molecular weight excluding hydrogens is 488 g/mol. The zero-order valence-electron chi connectivity index (χ0n) is 21.3. The van der Waals surface area contributed by atoms with Gasteiger partial charge in [-0.3, -0.25) is 14.4 Å². The number of hydrogen-bond donors (Lipinski definition) is 5. The van der Waals surface area contributed by atoms with Crippen LogP contribution in [-0.4, -0.2) is 68.0 Å². The Morgan fingerprint density at radius 1 is 1.00 bits per heavy atom. The molecule has 198 valence electrons. The average Bonchev–Trinajstić information content (AvgIpc) is 3.40. The molecule has 38 heavy (non-hydrogen) atoms. The van der Waals surface area contributed by atoms with Crippen LogP contribution in [0.15, 0.2) is 48.5 Å². The van der Waals surface area contributed by atoms with Gasteiger partial charge in [-0.05, 0) is 36.1 Å². The maximum absolute atomic E-state index is 13.8. The molecule has 2 aromatic carbocycles. The highest BCUT2D eigenvalue weighted by Gasteiger charge is 2.49. The van der Waals surface area contributed by atoms with Gasteiger partial charge >= 0.3 is 5.97 Å². The zero-order chi connectivity index (χ0) is 27.3. The molecule has 0 radical (unpaired) electrons. The minimum Gasteiger partial charge on any atom is -0.480 e. The highest BCUT2D eigenvalue weighted by molar-refractivity contribution is 6.04. The van der Waals surface area contributed by atoms with Crippen molar-refractivity contribution in [2.75, 3.05) is 0 Å². The molecule has 0 spiro atoms. The molecule has 3 aromatic rings. The SMILES string of the molecule is CC(C)[C@H](NC(=O)[C@@H]1Cc2c([nH]c3ccccc23)[C@@H]2c3ccccc3C(=O)N21)C(=O)N[C@@H](C(=O)O)[C@@H](C)O. The number of aliphatic carboxylic acids is 1. The van der Waals surface area contributed by atoms with E-state index in [-0.39, 0.29) is 12.3 Å². The summed E-state index contributed by atoms with van der Waals surface area (Å²) in [5.74, 6) is -3.27. The highest BCUT2D eigenvalue weighted by atomic mass is 16.4. The number of carbonyl (C=O) groups is 4. The summed E-state index contributed by atoms with van der Waals surface area (Å²) in [6, 6.07) is 11.1. The number of nitrogens with one attached hydrogen (secondary N) is 3. The second-order valence-corrected chi connectivity index (χ2v) is 10.3. The molecule has 5 atom stereocenters. The summed E-state index contributed by atoms with van der Waals surface area (Å²) in [7, 11) is 0. The summed E-state index contributed by atoms with van der Waals surface area (Å²) >= 11 is 0. The van der Waals surface area contributed by atoms with Crippen LogP contribution in [0.5, 0.6) is 0 Å². The number of benzene rings is 2. The number of aliphatic hydroxyl groups is 1. The van der Waals surface area contributed by atoms with Crippen molar-refractivity contribution in [2.45, 2.75) is 57.5 Å². The van der Waals surface area contributed by atoms with Gasteiger partial charge in [0.1, 0.15) is 12.1 Å². The molecule has 0 aliphatic carbocycles. The van der Waals surface area contributed by atoms with Crippen molar-refractivity contribution in [1.82, 2.24) is 20.5 Å². The largest absolute Gasteiger partial charge is 0.480 e. The summed E-state index contributed by atoms with van der Waals surface area (Å²) in [5.41, 5.74) is 4.06. The van der Waals surface area contributed by atoms with Crippen molar-refractivity contribution >= 4 is 34.6 Å². The number of H-pyrrole nitrogens is 1. The lowest BCUT2D eigenvalue weighted by Gasteiger charge is -2.38. The van der Waals surface area contributed by atoms with Gasteiger partial charge in [0, 0.05) is 28.6 Å². The number of para-hydroxylation sites is 1. The molecule has 1 aromatic heterocycles. The van der Waals surface area contributed by atoms with E-state index >= 15 is 0 Å². The van der Waals surface area contributed by atoms with E-state index in [1.165, 1.54) is 6.92 Å². The first-order valence-corrected chi connectivity index (χ1v) is 12.6. The number of carbonyl (C=O) groups excluding carboxylic acids is 3. The van der Waals surface area contributed by atoms with Gasteiger partial charge < -0.3 is 30.7 Å². The number of amides is 3. The molecule has 5 N–H and O–H groups in total. The Morgan fingerprint density at radius 3 is 2.37 bits per heavy atom. The van der Waals surface area contributed by atoms with Crippen LogP contribution in [0.4, 0.5) is 0 Å². The monoisotopic (exact) mass is 518 g/mol. The summed E-state index contributed by atoms with van der Waals surface area (Å²) < 4.78 is 0. The van der Waals surface area contributed by atoms with E-state index < -0.39 is 54.0 Å². The molecule has 10 heteroatoms. The van der Waals surface area contributed by atoms with Crippen LogP contribution in [-0.2, 0) is 20.8 Å². The second-order valence-electron chi connectivity index (χ2n) is 10.3. The smallest absolute Gasteiger partial charge is 0.328 e. The first-order chi connectivity index (χ1) is 18.1. The Balaban J connectivity index is 1.50. The van der Waals surface area contributed by atoms with Crippen molar-refractivity contribution < 1.29 is 29.4 Å². The summed E-state index contributed by atoms with van der Waals surface area (Å²) in [6.45, 7) is 4.71. The number of fused-ring (bicyclic) bond motifs is 7. The quantitative estimate of drug-likeness (QED) is 0.321. The van der Waals surface area contributed by atoms with Gasteiger partial charge in [-0.15, -0.1) is 0 Å². The molecule has 2 aliphatic rings. The molecule has 10 nitrogen and oxygen atoms in total. The fourth-order valence-electron chi connectivity index (χ4n) is 5.55. The predicted molar refractivity (Wildman–Crippen MR) is 138 cm³/mol. The number of carboxylic acids is 1. The Morgan fingerprint density at radius 2 is 1.68 bits per heavy atom. The normalized spacial score (nSPS) is 20.3. The van der Waals surface area contributed by atoms with Crippen LogP contribution >= 0.6 is 0 Å². The van der Waals surface area contributed by atoms with Crippen LogP contribution in [0.25, 0.3) is 10.9 Å². The van der Waals surface area contributed by atoms with Crippen molar-refractivity contribution in [2.24, 2.45) is 5.92 Å². The molecule has 5 rings (SSSR count). The van der Waals surface area contributed by atoms with E-state index in [1.54, 1.807) is 30.9 Å². The van der Waals surface area contributed by atoms with Crippen LogP contribution in [0.3, 0.4) is 0 Å². The zero-order valence-corrected chi connectivity index (χ0v) is 21.3. The first kappa shape index (κ1) is 25.5. The lowest BCUT2D eigenvalue weighted by molar-refractivity contribution is -0.145. The van der Waals surface area contributed by atoms with Crippen molar-refractivity contribution in [1.29, 1.82) is 0 Å². The van der Waals surface area contributed by atoms with Gasteiger partial charge in [-0.25, -0.2) is 4.79 Å². The summed E-state index contributed by atoms with van der Waals surface area (Å²) in [6.07, 6.45) is -1.08. The molecular formula is C28H30N4O6. The average molecular weight is 519 g/mol. The van der Waals surface area contributed by atoms with E-state index in [2.05, 4.69) is 15.6 Å². The van der Waals surface area contributed by atoms with E-state index in [0.717, 1.165) is 27.7 Å². The number of hydrogen-bond acceptors (Lipinski definition) is 5. The van der Waals surface area contributed by atoms with Crippen LogP contribution in [0.2, 0.25) is 0 Å². The van der Waals surface area contributed by atoms with Crippen molar-refractivity contribution in [3.05, 3.63) is 70.9 Å². The van der Waals surface area contributed by atoms with Crippen LogP contribution in [0.1, 0.15) is 54.0 Å². The van der Waals surface area contributed by atoms with Gasteiger partial charge in [0.25, 0.3) is 5.91 Å². The molecule has 0 saturated heterocycles. The maximum atomic E-state index is 13.8. The van der Waals surface area contributed by atoms with Gasteiger partial charge in [0.05, 0.1) is 12.1 Å². The minimum absolute atomic E-state index is 0.249. The Hall–Kier alpha value is -4.18. The lowest BCUT2D eigenvalue weighted by Crippen LogP contribution is -2.60. The fourth-order valence-corrected chi connectivity index (χ4v) is 5.55. The minimum atomic E-state index is -1.52. The van der Waals surface area contributed by atoms with Crippen LogP contribution in [0, 0.1) is 5.92 Å². The first-order valence-electron chi connectivity index (χ1n) is 12.6. The van der Waals surface area contributed by atoms with Gasteiger partial charge in [-0.1, -0.05) is 50.2 Å². The number of aromatic nitrogens is 1. The topological polar surface area (TPSA) is 152 Å². The van der Waals surface area contributed by atoms with E-state index in [9.17, 15) is 29.4 Å². The van der Waals surface area contributed by atoms with Crippen molar-refractivity contribution in [3.8, 4) is 0 Å². The number of nitrogens with zero attached hydrogens (tertiary/aromatic N) is 1. The second kappa shape index (κ2) is 9.60. The van der Waals surface area contributed by atoms with Gasteiger partial charge in [0.2, 0.25) is 11.8 Å². The van der Waals surface area contributed by atoms with E-state index in [1.807, 2.05) is 36.4 Å². The number of carboxylic acid groups (broad SMARTS) is 1. The Kier molecular flexibility index (Phi) is 6.44. The van der Waals surface area contributed by atoms with Crippen LogP contribution < -0.4 is 10.6 Å². The maximum Gasteiger partial charge on any atom is 0.328 e. The van der Waals surface area contributed by atoms with E-state index in [0.29, 0.717) is 5.56 Å². The van der Waals surface area contributed by atoms with Gasteiger partial charge in [0.15, 0.2) is 6.04 Å². The lowest BCUT2D eigenvalue weighted by atomic mass is 9.89. The number of rotatable bonds is 7. The molecule has 0 fully saturated rings. The molecule has 0 saturated carbocycles. The molecule has 3 amide bonds. The third kappa shape index (κ3) is 4.10. The highest BCUT2D eigenvalue weighted by Crippen LogP contribution is 2.46. The number of aromatic amines is 1. The predicted octanol–water partition coefficient (Wildman–Crippen LogP) is 1.73. The molecule has 2 aliphatic heterocycles. The van der Waals surface area contributed by atoms with Gasteiger partial charge in [-0.2, -0.15) is 0 Å². The summed E-state index contributed by atoms with van der Waals surface area (Å²) in [5, 5.41) is 25.2. The Labute approximate surface area is 219 Å².